The van der Waals surface area contributed by atoms with E-state index in [0.29, 0.717) is 10.7 Å². The second-order valence-electron chi connectivity index (χ2n) is 4.61. The van der Waals surface area contributed by atoms with Crippen molar-refractivity contribution >= 4 is 22.4 Å². The van der Waals surface area contributed by atoms with Gasteiger partial charge in [0.25, 0.3) is 5.91 Å². The van der Waals surface area contributed by atoms with Crippen molar-refractivity contribution in [3.63, 3.8) is 0 Å². The van der Waals surface area contributed by atoms with Gasteiger partial charge in [-0.1, -0.05) is 12.1 Å². The van der Waals surface area contributed by atoms with Crippen LogP contribution in [-0.4, -0.2) is 17.9 Å². The minimum atomic E-state index is -4.41. The SMILES string of the molecule is CNc1nc(C(=O)NC(C)c2cccc(C(F)(F)F)c2)cs1. The summed E-state index contributed by atoms with van der Waals surface area (Å²) in [6, 6.07) is 4.33. The van der Waals surface area contributed by atoms with E-state index in [1.165, 1.54) is 17.4 Å². The van der Waals surface area contributed by atoms with Crippen molar-refractivity contribution in [1.29, 1.82) is 0 Å². The quantitative estimate of drug-likeness (QED) is 0.899. The molecule has 1 aromatic carbocycles. The summed E-state index contributed by atoms with van der Waals surface area (Å²) in [4.78, 5) is 16.1. The Hall–Kier alpha value is -2.09. The molecule has 0 aliphatic heterocycles. The highest BCUT2D eigenvalue weighted by molar-refractivity contribution is 7.13. The Morgan fingerprint density at radius 1 is 1.36 bits per heavy atom. The number of hydrogen-bond donors (Lipinski definition) is 2. The van der Waals surface area contributed by atoms with E-state index in [-0.39, 0.29) is 5.69 Å². The molecular formula is C14H14F3N3OS. The molecule has 2 rings (SSSR count). The van der Waals surface area contributed by atoms with Gasteiger partial charge in [0.2, 0.25) is 0 Å². The first-order valence-corrected chi connectivity index (χ1v) is 7.30. The first kappa shape index (κ1) is 16.3. The zero-order chi connectivity index (χ0) is 16.3. The number of carbonyl (C=O) groups excluding carboxylic acids is 1. The highest BCUT2D eigenvalue weighted by Crippen LogP contribution is 2.30. The molecule has 0 spiro atoms. The van der Waals surface area contributed by atoms with E-state index in [1.54, 1.807) is 25.4 Å². The smallest absolute Gasteiger partial charge is 0.365 e. The second-order valence-corrected chi connectivity index (χ2v) is 5.46. The highest BCUT2D eigenvalue weighted by atomic mass is 32.1. The van der Waals surface area contributed by atoms with Gasteiger partial charge in [0.05, 0.1) is 11.6 Å². The van der Waals surface area contributed by atoms with Crippen LogP contribution in [0.25, 0.3) is 0 Å². The Morgan fingerprint density at radius 2 is 2.09 bits per heavy atom. The molecule has 4 nitrogen and oxygen atoms in total. The van der Waals surface area contributed by atoms with E-state index in [4.69, 9.17) is 0 Å². The lowest BCUT2D eigenvalue weighted by atomic mass is 10.0. The molecule has 0 aliphatic rings. The maximum Gasteiger partial charge on any atom is 0.416 e. The average molecular weight is 329 g/mol. The summed E-state index contributed by atoms with van der Waals surface area (Å²) in [5.74, 6) is -0.428. The van der Waals surface area contributed by atoms with Crippen LogP contribution in [0.2, 0.25) is 0 Å². The topological polar surface area (TPSA) is 54.0 Å². The van der Waals surface area contributed by atoms with Crippen molar-refractivity contribution in [2.45, 2.75) is 19.1 Å². The normalized spacial score (nSPS) is 12.8. The number of halogens is 3. The lowest BCUT2D eigenvalue weighted by Gasteiger charge is -2.15. The predicted molar refractivity (Wildman–Crippen MR) is 79.0 cm³/mol. The van der Waals surface area contributed by atoms with Gasteiger partial charge in [0.15, 0.2) is 5.13 Å². The van der Waals surface area contributed by atoms with Gasteiger partial charge in [0, 0.05) is 12.4 Å². The van der Waals surface area contributed by atoms with Gasteiger partial charge in [-0.2, -0.15) is 13.2 Å². The molecule has 22 heavy (non-hydrogen) atoms. The number of benzene rings is 1. The summed E-state index contributed by atoms with van der Waals surface area (Å²) in [6.07, 6.45) is -4.41. The molecular weight excluding hydrogens is 315 g/mol. The van der Waals surface area contributed by atoms with Gasteiger partial charge in [-0.05, 0) is 24.6 Å². The molecule has 1 heterocycles. The largest absolute Gasteiger partial charge is 0.416 e. The maximum atomic E-state index is 12.7. The molecule has 1 atom stereocenters. The van der Waals surface area contributed by atoms with E-state index in [0.717, 1.165) is 12.1 Å². The van der Waals surface area contributed by atoms with Crippen LogP contribution in [0.5, 0.6) is 0 Å². The fraction of sp³-hybridized carbons (Fsp3) is 0.286. The zero-order valence-electron chi connectivity index (χ0n) is 11.9. The lowest BCUT2D eigenvalue weighted by Crippen LogP contribution is -2.27. The van der Waals surface area contributed by atoms with Crippen LogP contribution in [-0.2, 0) is 6.18 Å². The third kappa shape index (κ3) is 3.76. The fourth-order valence-electron chi connectivity index (χ4n) is 1.83. The predicted octanol–water partition coefficient (Wildman–Crippen LogP) is 3.69. The van der Waals surface area contributed by atoms with Gasteiger partial charge < -0.3 is 10.6 Å². The molecule has 0 aliphatic carbocycles. The van der Waals surface area contributed by atoms with Crippen LogP contribution in [0.3, 0.4) is 0 Å². The van der Waals surface area contributed by atoms with Gasteiger partial charge in [-0.3, -0.25) is 4.79 Å². The molecule has 0 saturated carbocycles. The van der Waals surface area contributed by atoms with Gasteiger partial charge in [0.1, 0.15) is 5.69 Å². The number of thiazole rings is 1. The molecule has 1 aromatic heterocycles. The van der Waals surface area contributed by atoms with Crippen LogP contribution in [0.1, 0.15) is 34.6 Å². The van der Waals surface area contributed by atoms with E-state index in [2.05, 4.69) is 15.6 Å². The summed E-state index contributed by atoms with van der Waals surface area (Å²) in [5, 5.41) is 7.63. The molecule has 1 unspecified atom stereocenters. The third-order valence-electron chi connectivity index (χ3n) is 3.01. The molecule has 2 N–H and O–H groups in total. The van der Waals surface area contributed by atoms with E-state index < -0.39 is 23.7 Å². The summed E-state index contributed by atoms with van der Waals surface area (Å²) >= 11 is 1.27. The molecule has 118 valence electrons. The fourth-order valence-corrected chi connectivity index (χ4v) is 2.48. The zero-order valence-corrected chi connectivity index (χ0v) is 12.7. The van der Waals surface area contributed by atoms with E-state index in [9.17, 15) is 18.0 Å². The molecule has 0 radical (unpaired) electrons. The number of hydrogen-bond acceptors (Lipinski definition) is 4. The van der Waals surface area contributed by atoms with Crippen LogP contribution < -0.4 is 10.6 Å². The lowest BCUT2D eigenvalue weighted by molar-refractivity contribution is -0.137. The Labute approximate surface area is 129 Å². The number of anilines is 1. The number of aromatic nitrogens is 1. The van der Waals surface area contributed by atoms with Crippen molar-refractivity contribution in [1.82, 2.24) is 10.3 Å². The van der Waals surface area contributed by atoms with Gasteiger partial charge in [-0.25, -0.2) is 4.98 Å². The summed E-state index contributed by atoms with van der Waals surface area (Å²) in [7, 11) is 1.69. The van der Waals surface area contributed by atoms with Crippen LogP contribution in [0, 0.1) is 0 Å². The van der Waals surface area contributed by atoms with E-state index >= 15 is 0 Å². The number of nitrogens with zero attached hydrogens (tertiary/aromatic N) is 1. The Morgan fingerprint density at radius 3 is 2.68 bits per heavy atom. The number of rotatable bonds is 4. The van der Waals surface area contributed by atoms with Gasteiger partial charge in [-0.15, -0.1) is 11.3 Å². The summed E-state index contributed by atoms with van der Waals surface area (Å²) in [5.41, 5.74) is -0.127. The third-order valence-corrected chi connectivity index (χ3v) is 3.87. The number of nitrogens with one attached hydrogen (secondary N) is 2. The maximum absolute atomic E-state index is 12.7. The molecule has 0 bridgehead atoms. The summed E-state index contributed by atoms with van der Waals surface area (Å²) in [6.45, 7) is 1.62. The van der Waals surface area contributed by atoms with Crippen molar-refractivity contribution in [3.8, 4) is 0 Å². The average Bonchev–Trinajstić information content (AvgIpc) is 2.95. The first-order chi connectivity index (χ1) is 10.3. The molecule has 8 heteroatoms. The van der Waals surface area contributed by atoms with Gasteiger partial charge >= 0.3 is 6.18 Å². The number of amides is 1. The Bertz CT molecular complexity index is 669. The Kier molecular flexibility index (Phi) is 4.70. The van der Waals surface area contributed by atoms with Crippen molar-refractivity contribution < 1.29 is 18.0 Å². The summed E-state index contributed by atoms with van der Waals surface area (Å²) < 4.78 is 38.1. The minimum absolute atomic E-state index is 0.230. The molecule has 2 aromatic rings. The van der Waals surface area contributed by atoms with Crippen LogP contribution in [0.15, 0.2) is 29.6 Å². The molecule has 0 fully saturated rings. The minimum Gasteiger partial charge on any atom is -0.365 e. The first-order valence-electron chi connectivity index (χ1n) is 6.42. The number of alkyl halides is 3. The van der Waals surface area contributed by atoms with Crippen molar-refractivity contribution in [2.24, 2.45) is 0 Å². The molecule has 0 saturated heterocycles. The molecule has 1 amide bonds. The standard InChI is InChI=1S/C14H14F3N3OS/c1-8(9-4-3-5-10(6-9)14(15,16)17)19-12(21)11-7-22-13(18-2)20-11/h3-8H,1-2H3,(H,18,20)(H,19,21). The van der Waals surface area contributed by atoms with Crippen LogP contribution >= 0.6 is 11.3 Å². The monoisotopic (exact) mass is 329 g/mol. The van der Waals surface area contributed by atoms with E-state index in [1.807, 2.05) is 0 Å². The van der Waals surface area contributed by atoms with Crippen molar-refractivity contribution in [2.75, 3.05) is 12.4 Å². The highest BCUT2D eigenvalue weighted by Gasteiger charge is 2.30. The Balaban J connectivity index is 2.11. The van der Waals surface area contributed by atoms with Crippen LogP contribution in [0.4, 0.5) is 18.3 Å². The number of carbonyl (C=O) groups is 1. The van der Waals surface area contributed by atoms with Crippen molar-refractivity contribution in [3.05, 3.63) is 46.5 Å². The second kappa shape index (κ2) is 6.35.